The van der Waals surface area contributed by atoms with Crippen molar-refractivity contribution in [1.82, 2.24) is 10.2 Å². The molecule has 0 aromatic heterocycles. The minimum absolute atomic E-state index is 0.00559. The number of carbonyl (C=O) groups is 2. The van der Waals surface area contributed by atoms with Crippen molar-refractivity contribution in [2.45, 2.75) is 96.1 Å². The first kappa shape index (κ1) is 23.8. The van der Waals surface area contributed by atoms with E-state index in [1.54, 1.807) is 0 Å². The van der Waals surface area contributed by atoms with E-state index < -0.39 is 0 Å². The number of fused-ring (bicyclic) bond motifs is 1. The van der Waals surface area contributed by atoms with Crippen LogP contribution in [0.3, 0.4) is 0 Å². The maximum atomic E-state index is 13.1. The van der Waals surface area contributed by atoms with Crippen LogP contribution in [0.5, 0.6) is 0 Å². The maximum Gasteiger partial charge on any atom is 0.243 e. The molecule has 0 radical (unpaired) electrons. The second kappa shape index (κ2) is 12.8. The Labute approximate surface area is 188 Å². The number of carbonyl (C=O) groups excluding carboxylic acids is 2. The number of nitrogens with one attached hydrogen (secondary N) is 1. The fourth-order valence-electron chi connectivity index (χ4n) is 5.13. The molecule has 1 saturated carbocycles. The van der Waals surface area contributed by atoms with Crippen molar-refractivity contribution in [2.75, 3.05) is 13.1 Å². The zero-order valence-electron chi connectivity index (χ0n) is 19.1. The molecule has 2 aliphatic rings. The van der Waals surface area contributed by atoms with Crippen LogP contribution in [0.2, 0.25) is 0 Å². The normalized spacial score (nSPS) is 19.1. The van der Waals surface area contributed by atoms with Gasteiger partial charge in [0.25, 0.3) is 0 Å². The second-order valence-corrected chi connectivity index (χ2v) is 9.40. The Kier molecular flexibility index (Phi) is 9.85. The van der Waals surface area contributed by atoms with Crippen LogP contribution < -0.4 is 11.1 Å². The summed E-state index contributed by atoms with van der Waals surface area (Å²) in [6, 6.07) is 7.83. The highest BCUT2D eigenvalue weighted by Gasteiger charge is 2.34. The number of unbranched alkanes of at least 4 members (excludes halogenated alkanes) is 3. The largest absolute Gasteiger partial charge is 0.354 e. The summed E-state index contributed by atoms with van der Waals surface area (Å²) in [7, 11) is 0. The van der Waals surface area contributed by atoms with Crippen LogP contribution in [0.15, 0.2) is 24.3 Å². The Morgan fingerprint density at radius 3 is 2.48 bits per heavy atom. The number of nitrogens with two attached hydrogens (primary N) is 1. The van der Waals surface area contributed by atoms with Crippen LogP contribution in [-0.2, 0) is 22.6 Å². The van der Waals surface area contributed by atoms with Gasteiger partial charge in [0.05, 0.1) is 0 Å². The lowest BCUT2D eigenvalue weighted by Crippen LogP contribution is -2.52. The van der Waals surface area contributed by atoms with Crippen molar-refractivity contribution in [2.24, 2.45) is 11.7 Å². The van der Waals surface area contributed by atoms with Gasteiger partial charge < -0.3 is 16.0 Å². The van der Waals surface area contributed by atoms with Crippen LogP contribution in [0.1, 0.15) is 88.2 Å². The molecule has 0 saturated heterocycles. The summed E-state index contributed by atoms with van der Waals surface area (Å²) in [6.07, 6.45) is 14.1. The van der Waals surface area contributed by atoms with Crippen LogP contribution in [0.25, 0.3) is 0 Å². The molecule has 1 aliphatic heterocycles. The van der Waals surface area contributed by atoms with E-state index in [0.29, 0.717) is 25.9 Å². The van der Waals surface area contributed by atoms with Crippen LogP contribution in [-0.4, -0.2) is 35.8 Å². The summed E-state index contributed by atoms with van der Waals surface area (Å²) >= 11 is 0. The molecule has 1 fully saturated rings. The molecule has 5 nitrogen and oxygen atoms in total. The first-order valence-corrected chi connectivity index (χ1v) is 12.5. The lowest BCUT2D eigenvalue weighted by Gasteiger charge is -2.36. The van der Waals surface area contributed by atoms with Gasteiger partial charge >= 0.3 is 0 Å². The Hall–Kier alpha value is -1.88. The minimum atomic E-state index is -0.388. The monoisotopic (exact) mass is 427 g/mol. The SMILES string of the molecule is NCCCCCCNC(=O)C1Cc2ccccc2CN1C(=O)CCCC1CCCCC1. The van der Waals surface area contributed by atoms with Gasteiger partial charge in [0.2, 0.25) is 11.8 Å². The molecule has 0 bridgehead atoms. The third-order valence-corrected chi connectivity index (χ3v) is 7.03. The van der Waals surface area contributed by atoms with E-state index in [1.165, 1.54) is 43.2 Å². The standard InChI is InChI=1S/C26H41N3O2/c27-17-8-1-2-9-18-28-26(31)24-19-22-14-6-7-15-23(22)20-29(24)25(30)16-10-13-21-11-4-3-5-12-21/h6-7,14-15,21,24H,1-5,8-13,16-20,27H2,(H,28,31). The molecular formula is C26H41N3O2. The summed E-state index contributed by atoms with van der Waals surface area (Å²) in [6.45, 7) is 1.95. The first-order valence-electron chi connectivity index (χ1n) is 12.5. The lowest BCUT2D eigenvalue weighted by molar-refractivity contribution is -0.142. The summed E-state index contributed by atoms with van der Waals surface area (Å²) in [5.74, 6) is 0.921. The summed E-state index contributed by atoms with van der Waals surface area (Å²) < 4.78 is 0. The molecule has 1 aliphatic carbocycles. The molecular weight excluding hydrogens is 386 g/mol. The quantitative estimate of drug-likeness (QED) is 0.516. The molecule has 0 spiro atoms. The molecule has 3 rings (SSSR count). The van der Waals surface area contributed by atoms with Crippen LogP contribution >= 0.6 is 0 Å². The highest BCUT2D eigenvalue weighted by Crippen LogP contribution is 2.29. The number of benzene rings is 1. The number of nitrogens with zero attached hydrogens (tertiary/aromatic N) is 1. The Balaban J connectivity index is 1.54. The third kappa shape index (κ3) is 7.34. The van der Waals surface area contributed by atoms with Crippen LogP contribution in [0, 0.1) is 5.92 Å². The lowest BCUT2D eigenvalue weighted by atomic mass is 9.85. The maximum absolute atomic E-state index is 13.1. The third-order valence-electron chi connectivity index (χ3n) is 7.03. The van der Waals surface area contributed by atoms with E-state index in [1.807, 2.05) is 17.0 Å². The number of amides is 2. The van der Waals surface area contributed by atoms with E-state index >= 15 is 0 Å². The van der Waals surface area contributed by atoms with Crippen molar-refractivity contribution < 1.29 is 9.59 Å². The summed E-state index contributed by atoms with van der Waals surface area (Å²) in [5.41, 5.74) is 7.91. The average Bonchev–Trinajstić information content (AvgIpc) is 2.81. The van der Waals surface area contributed by atoms with E-state index in [2.05, 4.69) is 17.4 Å². The van der Waals surface area contributed by atoms with E-state index in [-0.39, 0.29) is 17.9 Å². The molecule has 2 amide bonds. The fourth-order valence-corrected chi connectivity index (χ4v) is 5.13. The number of hydrogen-bond donors (Lipinski definition) is 2. The van der Waals surface area contributed by atoms with Gasteiger partial charge in [-0.3, -0.25) is 9.59 Å². The van der Waals surface area contributed by atoms with Gasteiger partial charge in [-0.1, -0.05) is 69.2 Å². The van der Waals surface area contributed by atoms with Crippen molar-refractivity contribution in [3.8, 4) is 0 Å². The molecule has 1 unspecified atom stereocenters. The molecule has 1 atom stereocenters. The van der Waals surface area contributed by atoms with Crippen molar-refractivity contribution >= 4 is 11.8 Å². The molecule has 1 heterocycles. The van der Waals surface area contributed by atoms with Gasteiger partial charge in [-0.25, -0.2) is 0 Å². The van der Waals surface area contributed by atoms with Gasteiger partial charge in [0.1, 0.15) is 6.04 Å². The molecule has 5 heteroatoms. The van der Waals surface area contributed by atoms with Gasteiger partial charge in [-0.2, -0.15) is 0 Å². The van der Waals surface area contributed by atoms with Crippen molar-refractivity contribution in [1.29, 1.82) is 0 Å². The Morgan fingerprint density at radius 1 is 0.968 bits per heavy atom. The Morgan fingerprint density at radius 2 is 1.71 bits per heavy atom. The molecule has 1 aromatic rings. The van der Waals surface area contributed by atoms with Crippen LogP contribution in [0.4, 0.5) is 0 Å². The highest BCUT2D eigenvalue weighted by molar-refractivity contribution is 5.88. The van der Waals surface area contributed by atoms with E-state index in [9.17, 15) is 9.59 Å². The van der Waals surface area contributed by atoms with Gasteiger partial charge in [0, 0.05) is 25.9 Å². The summed E-state index contributed by atoms with van der Waals surface area (Å²) in [5, 5.41) is 3.09. The van der Waals surface area contributed by atoms with Gasteiger partial charge in [-0.05, 0) is 49.3 Å². The van der Waals surface area contributed by atoms with E-state index in [0.717, 1.165) is 51.0 Å². The topological polar surface area (TPSA) is 75.4 Å². The predicted molar refractivity (Wildman–Crippen MR) is 125 cm³/mol. The van der Waals surface area contributed by atoms with Gasteiger partial charge in [-0.15, -0.1) is 0 Å². The predicted octanol–water partition coefficient (Wildman–Crippen LogP) is 4.33. The fraction of sp³-hybridized carbons (Fsp3) is 0.692. The first-order chi connectivity index (χ1) is 15.2. The van der Waals surface area contributed by atoms with Crippen molar-refractivity contribution in [3.05, 3.63) is 35.4 Å². The van der Waals surface area contributed by atoms with E-state index in [4.69, 9.17) is 5.73 Å². The molecule has 3 N–H and O–H groups in total. The molecule has 1 aromatic carbocycles. The van der Waals surface area contributed by atoms with Gasteiger partial charge in [0.15, 0.2) is 0 Å². The zero-order valence-corrected chi connectivity index (χ0v) is 19.1. The minimum Gasteiger partial charge on any atom is -0.354 e. The Bertz CT molecular complexity index is 700. The molecule has 31 heavy (non-hydrogen) atoms. The summed E-state index contributed by atoms with van der Waals surface area (Å²) in [4.78, 5) is 28.0. The number of rotatable bonds is 11. The molecule has 172 valence electrons. The second-order valence-electron chi connectivity index (χ2n) is 9.40. The zero-order chi connectivity index (χ0) is 21.9. The number of hydrogen-bond acceptors (Lipinski definition) is 3. The smallest absolute Gasteiger partial charge is 0.243 e. The average molecular weight is 428 g/mol. The van der Waals surface area contributed by atoms with Crippen molar-refractivity contribution in [3.63, 3.8) is 0 Å². The highest BCUT2D eigenvalue weighted by atomic mass is 16.2.